The molecule has 0 radical (unpaired) electrons. The van der Waals surface area contributed by atoms with Crippen molar-refractivity contribution < 1.29 is 26.7 Å². The first-order valence-electron chi connectivity index (χ1n) is 12.1. The molecule has 0 N–H and O–H groups in total. The minimum absolute atomic E-state index is 0.101. The maximum atomic E-state index is 15.1. The summed E-state index contributed by atoms with van der Waals surface area (Å²) >= 11 is 0. The van der Waals surface area contributed by atoms with E-state index in [1.807, 2.05) is 0 Å². The van der Waals surface area contributed by atoms with Gasteiger partial charge in [-0.2, -0.15) is 22.0 Å². The van der Waals surface area contributed by atoms with Crippen molar-refractivity contribution in [3.63, 3.8) is 0 Å². The Hall–Kier alpha value is -2.89. The second kappa shape index (κ2) is 10.4. The first-order valence-corrected chi connectivity index (χ1v) is 12.1. The summed E-state index contributed by atoms with van der Waals surface area (Å²) in [6, 6.07) is 16.8. The van der Waals surface area contributed by atoms with E-state index in [9.17, 15) is 13.2 Å². The molecule has 1 aliphatic rings. The van der Waals surface area contributed by atoms with Gasteiger partial charge < -0.3 is 4.74 Å². The number of hydrogen-bond donors (Lipinski definition) is 0. The van der Waals surface area contributed by atoms with Crippen LogP contribution in [0.2, 0.25) is 0 Å². The number of para-hydroxylation sites is 1. The van der Waals surface area contributed by atoms with Crippen molar-refractivity contribution in [3.05, 3.63) is 89.5 Å². The monoisotopic (exact) mass is 488 g/mol. The van der Waals surface area contributed by atoms with Gasteiger partial charge in [-0.25, -0.2) is 0 Å². The number of halogens is 5. The lowest BCUT2D eigenvalue weighted by molar-refractivity contribution is -0.185. The fourth-order valence-corrected chi connectivity index (χ4v) is 4.97. The number of benzene rings is 3. The van der Waals surface area contributed by atoms with Crippen LogP contribution in [0, 0.1) is 5.92 Å². The first kappa shape index (κ1) is 25.2. The maximum Gasteiger partial charge on any atom is 0.426 e. The molecule has 0 heterocycles. The predicted octanol–water partition coefficient (Wildman–Crippen LogP) is 9.57. The molecule has 0 unspecified atom stereocenters. The average Bonchev–Trinajstić information content (AvgIpc) is 2.84. The summed E-state index contributed by atoms with van der Waals surface area (Å²) in [5.41, 5.74) is 0.663. The lowest BCUT2D eigenvalue weighted by atomic mass is 9.77. The highest BCUT2D eigenvalue weighted by Gasteiger charge is 2.36. The van der Waals surface area contributed by atoms with E-state index in [0.29, 0.717) is 17.0 Å². The summed E-state index contributed by atoms with van der Waals surface area (Å²) in [6.07, 6.45) is -1.10. The van der Waals surface area contributed by atoms with Gasteiger partial charge in [-0.3, -0.25) is 0 Å². The van der Waals surface area contributed by atoms with Crippen molar-refractivity contribution in [2.24, 2.45) is 5.92 Å². The van der Waals surface area contributed by atoms with Crippen molar-refractivity contribution in [2.45, 2.75) is 63.7 Å². The molecule has 0 atom stereocenters. The normalized spacial score (nSPS) is 18.9. The summed E-state index contributed by atoms with van der Waals surface area (Å²) < 4.78 is 74.0. The van der Waals surface area contributed by atoms with Crippen LogP contribution in [0.25, 0.3) is 11.1 Å². The lowest BCUT2D eigenvalue weighted by Crippen LogP contribution is -2.22. The van der Waals surface area contributed by atoms with Crippen LogP contribution in [0.1, 0.15) is 68.1 Å². The second-order valence-electron chi connectivity index (χ2n) is 9.32. The molecule has 35 heavy (non-hydrogen) atoms. The number of hydrogen-bond acceptors (Lipinski definition) is 1. The van der Waals surface area contributed by atoms with Crippen LogP contribution >= 0.6 is 0 Å². The van der Waals surface area contributed by atoms with Crippen LogP contribution in [0.4, 0.5) is 22.0 Å². The van der Waals surface area contributed by atoms with Crippen LogP contribution < -0.4 is 4.74 Å². The largest absolute Gasteiger partial charge is 0.428 e. The highest BCUT2D eigenvalue weighted by atomic mass is 19.4. The van der Waals surface area contributed by atoms with Crippen LogP contribution in [-0.4, -0.2) is 0 Å². The number of rotatable bonds is 7. The fraction of sp³-hybridized carbons (Fsp3) is 0.379. The minimum Gasteiger partial charge on any atom is -0.428 e. The van der Waals surface area contributed by atoms with E-state index in [-0.39, 0.29) is 11.3 Å². The van der Waals surface area contributed by atoms with Gasteiger partial charge in [-0.05, 0) is 79.0 Å². The van der Waals surface area contributed by atoms with Gasteiger partial charge in [0.15, 0.2) is 0 Å². The highest BCUT2D eigenvalue weighted by molar-refractivity contribution is 5.70. The van der Waals surface area contributed by atoms with Gasteiger partial charge in [0.1, 0.15) is 5.75 Å². The van der Waals surface area contributed by atoms with Crippen molar-refractivity contribution in [2.75, 3.05) is 0 Å². The third-order valence-electron chi connectivity index (χ3n) is 6.91. The molecule has 186 valence electrons. The van der Waals surface area contributed by atoms with Crippen molar-refractivity contribution in [1.82, 2.24) is 0 Å². The van der Waals surface area contributed by atoms with E-state index < -0.39 is 17.8 Å². The average molecular weight is 489 g/mol. The third-order valence-corrected chi connectivity index (χ3v) is 6.91. The topological polar surface area (TPSA) is 9.23 Å². The summed E-state index contributed by atoms with van der Waals surface area (Å²) in [5.74, 6) is 1.07. The molecule has 3 aromatic rings. The quantitative estimate of drug-likeness (QED) is 0.301. The second-order valence-corrected chi connectivity index (χ2v) is 9.32. The summed E-state index contributed by atoms with van der Waals surface area (Å²) in [4.78, 5) is 0. The first-order chi connectivity index (χ1) is 16.7. The Morgan fingerprint density at radius 3 is 1.94 bits per heavy atom. The molecule has 0 amide bonds. The van der Waals surface area contributed by atoms with E-state index in [0.717, 1.165) is 36.5 Å². The molecule has 0 aliphatic heterocycles. The maximum absolute atomic E-state index is 15.1. The lowest BCUT2D eigenvalue weighted by Gasteiger charge is -2.29. The van der Waals surface area contributed by atoms with Crippen molar-refractivity contribution >= 4 is 0 Å². The zero-order chi connectivity index (χ0) is 25.1. The summed E-state index contributed by atoms with van der Waals surface area (Å²) in [5, 5.41) is 0. The molecule has 4 rings (SSSR count). The van der Waals surface area contributed by atoms with Gasteiger partial charge >= 0.3 is 12.3 Å². The molecule has 0 spiro atoms. The third kappa shape index (κ3) is 6.03. The van der Waals surface area contributed by atoms with Crippen LogP contribution in [0.3, 0.4) is 0 Å². The Labute approximate surface area is 202 Å². The van der Waals surface area contributed by atoms with Gasteiger partial charge in [-0.1, -0.05) is 62.2 Å². The molecule has 1 aliphatic carbocycles. The Balaban J connectivity index is 1.49. The molecule has 1 nitrogen and oxygen atoms in total. The molecule has 1 saturated carbocycles. The summed E-state index contributed by atoms with van der Waals surface area (Å²) in [7, 11) is 0. The van der Waals surface area contributed by atoms with Gasteiger partial charge in [0.2, 0.25) is 0 Å². The van der Waals surface area contributed by atoms with Crippen LogP contribution in [0.15, 0.2) is 72.8 Å². The van der Waals surface area contributed by atoms with Crippen LogP contribution in [-0.2, 0) is 12.3 Å². The molecule has 6 heteroatoms. The molecule has 0 bridgehead atoms. The minimum atomic E-state index is -4.47. The van der Waals surface area contributed by atoms with E-state index >= 15 is 8.78 Å². The van der Waals surface area contributed by atoms with E-state index in [1.54, 1.807) is 30.3 Å². The molecular formula is C29H29F5O. The smallest absolute Gasteiger partial charge is 0.426 e. The molecular weight excluding hydrogens is 459 g/mol. The van der Waals surface area contributed by atoms with E-state index in [2.05, 4.69) is 6.92 Å². The summed E-state index contributed by atoms with van der Waals surface area (Å²) in [6.45, 7) is 2.20. The van der Waals surface area contributed by atoms with Crippen molar-refractivity contribution in [3.8, 4) is 16.9 Å². The Morgan fingerprint density at radius 2 is 1.34 bits per heavy atom. The van der Waals surface area contributed by atoms with Gasteiger partial charge in [0.25, 0.3) is 0 Å². The van der Waals surface area contributed by atoms with E-state index in [1.165, 1.54) is 56.0 Å². The molecule has 0 saturated heterocycles. The van der Waals surface area contributed by atoms with Crippen LogP contribution in [0.5, 0.6) is 5.75 Å². The highest BCUT2D eigenvalue weighted by Crippen LogP contribution is 2.41. The number of ether oxygens (including phenoxy) is 1. The van der Waals surface area contributed by atoms with Gasteiger partial charge in [-0.15, -0.1) is 0 Å². The van der Waals surface area contributed by atoms with Crippen molar-refractivity contribution in [1.29, 1.82) is 0 Å². The zero-order valence-corrected chi connectivity index (χ0v) is 19.6. The zero-order valence-electron chi connectivity index (χ0n) is 19.6. The molecule has 3 aromatic carbocycles. The van der Waals surface area contributed by atoms with E-state index in [4.69, 9.17) is 4.74 Å². The van der Waals surface area contributed by atoms with Gasteiger partial charge in [0, 0.05) is 5.56 Å². The standard InChI is InChI=1S/C29H29F5O/c1-2-5-20-8-10-21(11-9-20)22-12-18-25(19-13-22)29(33,34)35-27-7-4-3-6-26(27)23-14-16-24(17-15-23)28(30,31)32/h3-4,6-7,12-21H,2,5,8-11H2,1H3. The fourth-order valence-electron chi connectivity index (χ4n) is 4.97. The predicted molar refractivity (Wildman–Crippen MR) is 127 cm³/mol. The Kier molecular flexibility index (Phi) is 7.48. The molecule has 1 fully saturated rings. The van der Waals surface area contributed by atoms with Gasteiger partial charge in [0.05, 0.1) is 11.1 Å². The Bertz CT molecular complexity index is 1100. The number of alkyl halides is 5. The molecule has 0 aromatic heterocycles. The Morgan fingerprint density at radius 1 is 0.743 bits per heavy atom. The SMILES string of the molecule is CCCC1CCC(c2ccc(C(F)(F)Oc3ccccc3-c3ccc(C(F)(F)F)cc3)cc2)CC1.